The summed E-state index contributed by atoms with van der Waals surface area (Å²) in [6.45, 7) is 1.44. The zero-order valence-electron chi connectivity index (χ0n) is 9.96. The molecule has 0 bridgehead atoms. The van der Waals surface area contributed by atoms with Crippen LogP contribution in [0, 0.1) is 0 Å². The smallest absolute Gasteiger partial charge is 0.185 e. The van der Waals surface area contributed by atoms with Crippen LogP contribution in [0.3, 0.4) is 0 Å². The number of carbonyl (C=O) groups excluding carboxylic acids is 1. The van der Waals surface area contributed by atoms with Crippen LogP contribution in [0.25, 0.3) is 10.9 Å². The van der Waals surface area contributed by atoms with E-state index in [4.69, 9.17) is 0 Å². The first-order chi connectivity index (χ1) is 8.59. The van der Waals surface area contributed by atoms with Gasteiger partial charge in [0.05, 0.1) is 6.10 Å². The summed E-state index contributed by atoms with van der Waals surface area (Å²) in [7, 11) is 0. The van der Waals surface area contributed by atoms with Crippen LogP contribution < -0.4 is 0 Å². The molecule has 0 aliphatic carbocycles. The van der Waals surface area contributed by atoms with Crippen molar-refractivity contribution in [2.75, 3.05) is 5.75 Å². The Bertz CT molecular complexity index is 552. The summed E-state index contributed by atoms with van der Waals surface area (Å²) in [5, 5.41) is 20.8. The van der Waals surface area contributed by atoms with E-state index in [1.54, 1.807) is 12.3 Å². The molecule has 0 spiro atoms. The highest BCUT2D eigenvalue weighted by atomic mass is 32.2. The third-order valence-corrected chi connectivity index (χ3v) is 3.68. The summed E-state index contributed by atoms with van der Waals surface area (Å²) in [5.41, 5.74) is 1.59. The Morgan fingerprint density at radius 2 is 2.17 bits per heavy atom. The number of fused-ring (bicyclic) bond motifs is 1. The quantitative estimate of drug-likeness (QED) is 0.788. The number of hydrogen-bond donors (Lipinski definition) is 3. The number of H-pyrrole nitrogens is 1. The number of rotatable bonds is 4. The Labute approximate surface area is 109 Å². The molecule has 0 saturated heterocycles. The number of benzene rings is 1. The van der Waals surface area contributed by atoms with Crippen molar-refractivity contribution < 1.29 is 15.0 Å². The molecule has 0 radical (unpaired) electrons. The van der Waals surface area contributed by atoms with Crippen molar-refractivity contribution in [1.29, 1.82) is 0 Å². The fraction of sp³-hybridized carbons (Fsp3) is 0.308. The number of hydrogen-bond acceptors (Lipinski definition) is 4. The van der Waals surface area contributed by atoms with Crippen molar-refractivity contribution >= 4 is 27.8 Å². The van der Waals surface area contributed by atoms with Crippen LogP contribution in [0.1, 0.15) is 18.6 Å². The zero-order valence-corrected chi connectivity index (χ0v) is 10.8. The Balaban J connectivity index is 2.19. The highest BCUT2D eigenvalue weighted by molar-refractivity contribution is 8.13. The van der Waals surface area contributed by atoms with Gasteiger partial charge in [-0.15, -0.1) is 0 Å². The minimum absolute atomic E-state index is 0.0684. The van der Waals surface area contributed by atoms with Crippen molar-refractivity contribution in [3.8, 4) is 0 Å². The summed E-state index contributed by atoms with van der Waals surface area (Å²) >= 11 is 1.01. The van der Waals surface area contributed by atoms with Crippen molar-refractivity contribution in [3.63, 3.8) is 0 Å². The van der Waals surface area contributed by atoms with Crippen LogP contribution in [0.4, 0.5) is 0 Å². The fourth-order valence-electron chi connectivity index (χ4n) is 1.87. The van der Waals surface area contributed by atoms with Crippen molar-refractivity contribution in [3.05, 3.63) is 36.0 Å². The van der Waals surface area contributed by atoms with Gasteiger partial charge in [0.25, 0.3) is 0 Å². The maximum Gasteiger partial charge on any atom is 0.185 e. The number of nitrogens with one attached hydrogen (secondary N) is 1. The van der Waals surface area contributed by atoms with Gasteiger partial charge in [-0.3, -0.25) is 4.79 Å². The van der Waals surface area contributed by atoms with Gasteiger partial charge in [0, 0.05) is 29.8 Å². The third kappa shape index (κ3) is 2.75. The summed E-state index contributed by atoms with van der Waals surface area (Å²) < 4.78 is 0. The van der Waals surface area contributed by atoms with E-state index in [0.29, 0.717) is 5.56 Å². The SMILES string of the molecule is CC(=O)SCC(O)C(O)c1cccc2[nH]ccc12. The Hall–Kier alpha value is -1.30. The molecule has 2 atom stereocenters. The number of aliphatic hydroxyl groups is 2. The highest BCUT2D eigenvalue weighted by Crippen LogP contribution is 2.27. The molecule has 0 aliphatic heterocycles. The first kappa shape index (κ1) is 13.1. The van der Waals surface area contributed by atoms with E-state index < -0.39 is 12.2 Å². The number of carbonyl (C=O) groups is 1. The van der Waals surface area contributed by atoms with Crippen LogP contribution in [-0.4, -0.2) is 32.2 Å². The van der Waals surface area contributed by atoms with Gasteiger partial charge < -0.3 is 15.2 Å². The van der Waals surface area contributed by atoms with E-state index in [2.05, 4.69) is 4.98 Å². The lowest BCUT2D eigenvalue weighted by Crippen LogP contribution is -2.21. The molecule has 0 fully saturated rings. The van der Waals surface area contributed by atoms with Gasteiger partial charge in [-0.05, 0) is 17.7 Å². The molecule has 4 nitrogen and oxygen atoms in total. The molecule has 0 aliphatic rings. The molecular formula is C13H15NO3S. The van der Waals surface area contributed by atoms with Crippen LogP contribution >= 0.6 is 11.8 Å². The fourth-order valence-corrected chi connectivity index (χ4v) is 2.46. The standard InChI is InChI=1S/C13H15NO3S/c1-8(15)18-7-12(16)13(17)10-3-2-4-11-9(10)5-6-14-11/h2-6,12-14,16-17H,7H2,1H3. The molecule has 1 aromatic heterocycles. The lowest BCUT2D eigenvalue weighted by molar-refractivity contribution is -0.109. The van der Waals surface area contributed by atoms with Gasteiger partial charge in [0.2, 0.25) is 0 Å². The molecule has 96 valence electrons. The maximum atomic E-state index is 10.8. The molecule has 0 saturated carbocycles. The summed E-state index contributed by atoms with van der Waals surface area (Å²) in [6.07, 6.45) is -0.159. The number of thioether (sulfide) groups is 1. The second-order valence-electron chi connectivity index (χ2n) is 4.10. The number of aromatic amines is 1. The highest BCUT2D eigenvalue weighted by Gasteiger charge is 2.21. The molecular weight excluding hydrogens is 250 g/mol. The normalized spacial score (nSPS) is 14.6. The van der Waals surface area contributed by atoms with Crippen LogP contribution in [-0.2, 0) is 4.79 Å². The lowest BCUT2D eigenvalue weighted by atomic mass is 10.0. The van der Waals surface area contributed by atoms with Gasteiger partial charge in [-0.1, -0.05) is 23.9 Å². The zero-order chi connectivity index (χ0) is 13.1. The number of aliphatic hydroxyl groups excluding tert-OH is 2. The first-order valence-electron chi connectivity index (χ1n) is 5.65. The van der Waals surface area contributed by atoms with Crippen LogP contribution in [0.2, 0.25) is 0 Å². The monoisotopic (exact) mass is 265 g/mol. The topological polar surface area (TPSA) is 73.3 Å². The predicted molar refractivity (Wildman–Crippen MR) is 72.4 cm³/mol. The minimum atomic E-state index is -0.989. The van der Waals surface area contributed by atoms with E-state index in [-0.39, 0.29) is 10.9 Å². The first-order valence-corrected chi connectivity index (χ1v) is 6.63. The van der Waals surface area contributed by atoms with E-state index in [0.717, 1.165) is 22.7 Å². The van der Waals surface area contributed by atoms with Gasteiger partial charge in [0.15, 0.2) is 5.12 Å². The largest absolute Gasteiger partial charge is 0.389 e. The summed E-state index contributed by atoms with van der Waals surface area (Å²) in [4.78, 5) is 13.9. The molecule has 1 heterocycles. The van der Waals surface area contributed by atoms with Gasteiger partial charge in [-0.25, -0.2) is 0 Å². The average molecular weight is 265 g/mol. The molecule has 1 aromatic carbocycles. The molecule has 2 rings (SSSR count). The van der Waals surface area contributed by atoms with Gasteiger partial charge >= 0.3 is 0 Å². The van der Waals surface area contributed by atoms with E-state index in [9.17, 15) is 15.0 Å². The Morgan fingerprint density at radius 1 is 1.39 bits per heavy atom. The summed E-state index contributed by atoms with van der Waals surface area (Å²) in [6, 6.07) is 7.37. The van der Waals surface area contributed by atoms with E-state index >= 15 is 0 Å². The lowest BCUT2D eigenvalue weighted by Gasteiger charge is -2.18. The third-order valence-electron chi connectivity index (χ3n) is 2.77. The van der Waals surface area contributed by atoms with Gasteiger partial charge in [0.1, 0.15) is 6.10 Å². The van der Waals surface area contributed by atoms with E-state index in [1.807, 2.05) is 18.2 Å². The Morgan fingerprint density at radius 3 is 2.89 bits per heavy atom. The van der Waals surface area contributed by atoms with Crippen molar-refractivity contribution in [1.82, 2.24) is 4.98 Å². The molecule has 2 unspecified atom stereocenters. The average Bonchev–Trinajstić information content (AvgIpc) is 2.82. The second kappa shape index (κ2) is 5.56. The predicted octanol–water partition coefficient (Wildman–Crippen LogP) is 1.84. The molecule has 5 heteroatoms. The van der Waals surface area contributed by atoms with Gasteiger partial charge in [-0.2, -0.15) is 0 Å². The molecule has 2 aromatic rings. The van der Waals surface area contributed by atoms with Crippen LogP contribution in [0.15, 0.2) is 30.5 Å². The van der Waals surface area contributed by atoms with Crippen LogP contribution in [0.5, 0.6) is 0 Å². The maximum absolute atomic E-state index is 10.8. The molecule has 3 N–H and O–H groups in total. The van der Waals surface area contributed by atoms with Crippen molar-refractivity contribution in [2.24, 2.45) is 0 Å². The molecule has 0 amide bonds. The summed E-state index contributed by atoms with van der Waals surface area (Å²) in [5.74, 6) is 0.192. The van der Waals surface area contributed by atoms with Crippen molar-refractivity contribution in [2.45, 2.75) is 19.1 Å². The molecule has 18 heavy (non-hydrogen) atoms. The Kier molecular flexibility index (Phi) is 4.06. The number of aromatic nitrogens is 1. The minimum Gasteiger partial charge on any atom is -0.389 e. The second-order valence-corrected chi connectivity index (χ2v) is 5.30. The van der Waals surface area contributed by atoms with E-state index in [1.165, 1.54) is 6.92 Å².